The van der Waals surface area contributed by atoms with Gasteiger partial charge in [0.05, 0.1) is 12.8 Å². The van der Waals surface area contributed by atoms with E-state index in [2.05, 4.69) is 28.3 Å². The molecule has 3 rings (SSSR count). The summed E-state index contributed by atoms with van der Waals surface area (Å²) in [5.41, 5.74) is 1.21. The van der Waals surface area contributed by atoms with Crippen LogP contribution in [-0.4, -0.2) is 47.5 Å². The zero-order chi connectivity index (χ0) is 16.8. The van der Waals surface area contributed by atoms with Gasteiger partial charge < -0.3 is 19.5 Å². The van der Waals surface area contributed by atoms with Gasteiger partial charge in [0, 0.05) is 38.6 Å². The van der Waals surface area contributed by atoms with Gasteiger partial charge in [-0.1, -0.05) is 6.07 Å². The summed E-state index contributed by atoms with van der Waals surface area (Å²) in [6.07, 6.45) is 6.36. The molecular formula is C18H24N4O2. The van der Waals surface area contributed by atoms with Crippen molar-refractivity contribution in [3.8, 4) is 0 Å². The second-order valence-corrected chi connectivity index (χ2v) is 6.40. The Hall–Kier alpha value is -2.34. The molecule has 1 atom stereocenters. The predicted octanol–water partition coefficient (Wildman–Crippen LogP) is 2.34. The smallest absolute Gasteiger partial charge is 0.317 e. The van der Waals surface area contributed by atoms with Gasteiger partial charge >= 0.3 is 6.03 Å². The minimum atomic E-state index is -0.0104. The van der Waals surface area contributed by atoms with Crippen LogP contribution in [0.3, 0.4) is 0 Å². The number of hydrogen-bond donors (Lipinski definition) is 1. The van der Waals surface area contributed by atoms with Crippen LogP contribution in [-0.2, 0) is 13.1 Å². The summed E-state index contributed by atoms with van der Waals surface area (Å²) in [7, 11) is 2.12. The van der Waals surface area contributed by atoms with Crippen LogP contribution < -0.4 is 5.32 Å². The van der Waals surface area contributed by atoms with Crippen molar-refractivity contribution in [1.82, 2.24) is 20.1 Å². The van der Waals surface area contributed by atoms with E-state index in [1.54, 1.807) is 12.5 Å². The quantitative estimate of drug-likeness (QED) is 0.884. The van der Waals surface area contributed by atoms with Crippen LogP contribution in [0, 0.1) is 5.92 Å². The summed E-state index contributed by atoms with van der Waals surface area (Å²) >= 11 is 0. The molecule has 128 valence electrons. The third-order valence-electron chi connectivity index (χ3n) is 4.31. The van der Waals surface area contributed by atoms with E-state index in [1.807, 2.05) is 29.3 Å². The molecule has 24 heavy (non-hydrogen) atoms. The number of pyridine rings is 1. The maximum absolute atomic E-state index is 12.2. The van der Waals surface area contributed by atoms with E-state index in [4.69, 9.17) is 4.42 Å². The minimum Gasteiger partial charge on any atom is -0.467 e. The Morgan fingerprint density at radius 3 is 3.12 bits per heavy atom. The molecule has 1 saturated heterocycles. The van der Waals surface area contributed by atoms with Crippen molar-refractivity contribution in [3.63, 3.8) is 0 Å². The lowest BCUT2D eigenvalue weighted by Gasteiger charge is -2.21. The Morgan fingerprint density at radius 2 is 2.38 bits per heavy atom. The summed E-state index contributed by atoms with van der Waals surface area (Å²) in [6.45, 7) is 3.93. The average molecular weight is 328 g/mol. The van der Waals surface area contributed by atoms with E-state index in [0.717, 1.165) is 38.4 Å². The largest absolute Gasteiger partial charge is 0.467 e. The Labute approximate surface area is 142 Å². The summed E-state index contributed by atoms with van der Waals surface area (Å²) < 4.78 is 5.23. The molecule has 3 heterocycles. The van der Waals surface area contributed by atoms with Crippen molar-refractivity contribution < 1.29 is 9.21 Å². The van der Waals surface area contributed by atoms with E-state index >= 15 is 0 Å². The molecule has 1 fully saturated rings. The van der Waals surface area contributed by atoms with Gasteiger partial charge in [0.1, 0.15) is 5.76 Å². The van der Waals surface area contributed by atoms with Crippen molar-refractivity contribution in [2.24, 2.45) is 5.92 Å². The number of nitrogens with zero attached hydrogens (tertiary/aromatic N) is 3. The fourth-order valence-electron chi connectivity index (χ4n) is 3.16. The van der Waals surface area contributed by atoms with Crippen LogP contribution in [0.25, 0.3) is 0 Å². The molecule has 0 bridgehead atoms. The lowest BCUT2D eigenvalue weighted by molar-refractivity contribution is 0.202. The number of aromatic nitrogens is 1. The average Bonchev–Trinajstić information content (AvgIpc) is 3.25. The van der Waals surface area contributed by atoms with Crippen molar-refractivity contribution in [2.75, 3.05) is 26.7 Å². The number of hydrogen-bond acceptors (Lipinski definition) is 4. The van der Waals surface area contributed by atoms with E-state index in [0.29, 0.717) is 12.5 Å². The molecule has 6 heteroatoms. The van der Waals surface area contributed by atoms with Crippen LogP contribution in [0.2, 0.25) is 0 Å². The molecule has 2 aromatic heterocycles. The van der Waals surface area contributed by atoms with Crippen LogP contribution >= 0.6 is 0 Å². The SMILES string of the molecule is CN(Cc1cccnc1)CC1CCN(C(=O)NCc2ccco2)C1. The van der Waals surface area contributed by atoms with Gasteiger partial charge in [-0.2, -0.15) is 0 Å². The van der Waals surface area contributed by atoms with Crippen LogP contribution in [0.1, 0.15) is 17.7 Å². The summed E-state index contributed by atoms with van der Waals surface area (Å²) in [5, 5.41) is 2.91. The zero-order valence-corrected chi connectivity index (χ0v) is 14.0. The Kier molecular flexibility index (Phi) is 5.48. The van der Waals surface area contributed by atoms with Crippen LogP contribution in [0.15, 0.2) is 47.3 Å². The third kappa shape index (κ3) is 4.58. The van der Waals surface area contributed by atoms with E-state index < -0.39 is 0 Å². The highest BCUT2D eigenvalue weighted by atomic mass is 16.3. The fraction of sp³-hybridized carbons (Fsp3) is 0.444. The standard InChI is InChI=1S/C18H24N4O2/c1-21(12-15-4-2-7-19-10-15)13-16-6-8-22(14-16)18(23)20-11-17-5-3-9-24-17/h2-5,7,9-10,16H,6,8,11-14H2,1H3,(H,20,23). The van der Waals surface area contributed by atoms with Gasteiger partial charge in [0.2, 0.25) is 0 Å². The molecule has 0 radical (unpaired) electrons. The van der Waals surface area contributed by atoms with Crippen molar-refractivity contribution >= 4 is 6.03 Å². The van der Waals surface area contributed by atoms with Gasteiger partial charge in [-0.15, -0.1) is 0 Å². The molecule has 2 amide bonds. The molecule has 1 aliphatic rings. The van der Waals surface area contributed by atoms with Gasteiger partial charge in [-0.05, 0) is 43.1 Å². The maximum atomic E-state index is 12.2. The molecule has 0 saturated carbocycles. The number of nitrogens with one attached hydrogen (secondary N) is 1. The molecular weight excluding hydrogens is 304 g/mol. The topological polar surface area (TPSA) is 61.6 Å². The first-order valence-electron chi connectivity index (χ1n) is 8.33. The number of urea groups is 1. The molecule has 2 aromatic rings. The minimum absolute atomic E-state index is 0.0104. The maximum Gasteiger partial charge on any atom is 0.317 e. The second-order valence-electron chi connectivity index (χ2n) is 6.40. The normalized spacial score (nSPS) is 17.4. The lowest BCUT2D eigenvalue weighted by Crippen LogP contribution is -2.38. The number of amides is 2. The second kappa shape index (κ2) is 7.97. The highest BCUT2D eigenvalue weighted by Gasteiger charge is 2.26. The van der Waals surface area contributed by atoms with E-state index in [-0.39, 0.29) is 6.03 Å². The van der Waals surface area contributed by atoms with Gasteiger partial charge in [-0.25, -0.2) is 4.79 Å². The number of likely N-dealkylation sites (tertiary alicyclic amines) is 1. The summed E-state index contributed by atoms with van der Waals surface area (Å²) in [6, 6.07) is 7.73. The van der Waals surface area contributed by atoms with Crippen LogP contribution in [0.4, 0.5) is 4.79 Å². The monoisotopic (exact) mass is 328 g/mol. The Bertz CT molecular complexity index is 630. The Morgan fingerprint density at radius 1 is 1.46 bits per heavy atom. The van der Waals surface area contributed by atoms with Gasteiger partial charge in [-0.3, -0.25) is 4.98 Å². The molecule has 0 aromatic carbocycles. The highest BCUT2D eigenvalue weighted by Crippen LogP contribution is 2.18. The van der Waals surface area contributed by atoms with Gasteiger partial charge in [0.25, 0.3) is 0 Å². The van der Waals surface area contributed by atoms with Gasteiger partial charge in [0.15, 0.2) is 0 Å². The molecule has 6 nitrogen and oxygen atoms in total. The molecule has 0 aliphatic carbocycles. The van der Waals surface area contributed by atoms with Crippen molar-refractivity contribution in [2.45, 2.75) is 19.5 Å². The Balaban J connectivity index is 1.40. The first-order chi connectivity index (χ1) is 11.7. The predicted molar refractivity (Wildman–Crippen MR) is 91.2 cm³/mol. The third-order valence-corrected chi connectivity index (χ3v) is 4.31. The first kappa shape index (κ1) is 16.5. The zero-order valence-electron chi connectivity index (χ0n) is 14.0. The number of carbonyl (C=O) groups excluding carboxylic acids is 1. The lowest BCUT2D eigenvalue weighted by atomic mass is 10.1. The molecule has 1 N–H and O–H groups in total. The molecule has 0 spiro atoms. The van der Waals surface area contributed by atoms with Crippen molar-refractivity contribution in [3.05, 3.63) is 54.2 Å². The summed E-state index contributed by atoms with van der Waals surface area (Å²) in [4.78, 5) is 20.6. The fourth-order valence-corrected chi connectivity index (χ4v) is 3.16. The highest BCUT2D eigenvalue weighted by molar-refractivity contribution is 5.74. The van der Waals surface area contributed by atoms with Crippen LogP contribution in [0.5, 0.6) is 0 Å². The van der Waals surface area contributed by atoms with E-state index in [9.17, 15) is 4.79 Å². The number of carbonyl (C=O) groups is 1. The molecule has 1 unspecified atom stereocenters. The molecule has 1 aliphatic heterocycles. The first-order valence-corrected chi connectivity index (χ1v) is 8.33. The number of furan rings is 1. The van der Waals surface area contributed by atoms with E-state index in [1.165, 1.54) is 5.56 Å². The summed E-state index contributed by atoms with van der Waals surface area (Å²) in [5.74, 6) is 1.29. The number of rotatable bonds is 6. The van der Waals surface area contributed by atoms with Crippen molar-refractivity contribution in [1.29, 1.82) is 0 Å².